The van der Waals surface area contributed by atoms with Gasteiger partial charge in [0.2, 0.25) is 5.88 Å². The fourth-order valence-corrected chi connectivity index (χ4v) is 0.851. The van der Waals surface area contributed by atoms with E-state index in [1.165, 1.54) is 0 Å². The number of aromatic nitrogens is 1. The highest BCUT2D eigenvalue weighted by atomic mass is 16.5. The number of ether oxygens (including phenoxy) is 1. The van der Waals surface area contributed by atoms with Gasteiger partial charge in [0, 0.05) is 12.3 Å². The zero-order valence-electron chi connectivity index (χ0n) is 6.79. The maximum absolute atomic E-state index is 4.95. The van der Waals surface area contributed by atoms with Gasteiger partial charge in [-0.25, -0.2) is 4.98 Å². The quantitative estimate of drug-likeness (QED) is 0.642. The molecule has 0 saturated carbocycles. The molecule has 1 rings (SSSR count). The van der Waals surface area contributed by atoms with E-state index in [4.69, 9.17) is 4.74 Å². The molecule has 0 aliphatic heterocycles. The zero-order chi connectivity index (χ0) is 8.27. The first-order chi connectivity index (χ1) is 5.27. The second kappa shape index (κ2) is 3.19. The van der Waals surface area contributed by atoms with Gasteiger partial charge in [0.25, 0.3) is 0 Å². The van der Waals surface area contributed by atoms with Crippen LogP contribution in [0.15, 0.2) is 18.8 Å². The fourth-order valence-electron chi connectivity index (χ4n) is 0.851. The van der Waals surface area contributed by atoms with Crippen molar-refractivity contribution < 1.29 is 4.74 Å². The molecule has 0 bridgehead atoms. The number of hydrogen-bond donors (Lipinski definition) is 0. The largest absolute Gasteiger partial charge is 0.481 e. The average Bonchev–Trinajstić information content (AvgIpc) is 2.05. The molecular formula is C9H11NO. The van der Waals surface area contributed by atoms with Crippen LogP contribution in [-0.4, -0.2) is 12.1 Å². The van der Waals surface area contributed by atoms with E-state index in [0.29, 0.717) is 5.88 Å². The predicted molar refractivity (Wildman–Crippen MR) is 45.6 cm³/mol. The third kappa shape index (κ3) is 1.58. The maximum Gasteiger partial charge on any atom is 0.213 e. The molecule has 0 fully saturated rings. The lowest BCUT2D eigenvalue weighted by molar-refractivity contribution is 0.397. The van der Waals surface area contributed by atoms with Crippen molar-refractivity contribution in [2.45, 2.75) is 6.92 Å². The molecule has 58 valence electrons. The molecule has 0 radical (unpaired) electrons. The number of rotatable bonds is 2. The van der Waals surface area contributed by atoms with E-state index in [9.17, 15) is 0 Å². The summed E-state index contributed by atoms with van der Waals surface area (Å²) in [5.74, 6) is 0.630. The Labute approximate surface area is 66.5 Å². The highest BCUT2D eigenvalue weighted by Crippen LogP contribution is 2.13. The summed E-state index contributed by atoms with van der Waals surface area (Å²) >= 11 is 0. The average molecular weight is 149 g/mol. The summed E-state index contributed by atoms with van der Waals surface area (Å²) in [5, 5.41) is 0. The van der Waals surface area contributed by atoms with Gasteiger partial charge in [-0.05, 0) is 18.1 Å². The van der Waals surface area contributed by atoms with Crippen molar-refractivity contribution in [1.29, 1.82) is 0 Å². The van der Waals surface area contributed by atoms with Crippen molar-refractivity contribution in [1.82, 2.24) is 4.98 Å². The fraction of sp³-hybridized carbons (Fsp3) is 0.222. The number of hydrogen-bond acceptors (Lipinski definition) is 2. The van der Waals surface area contributed by atoms with Gasteiger partial charge in [-0.1, -0.05) is 12.7 Å². The minimum atomic E-state index is 0.630. The molecule has 0 aromatic carbocycles. The van der Waals surface area contributed by atoms with Crippen LogP contribution >= 0.6 is 0 Å². The maximum atomic E-state index is 4.95. The molecule has 1 heterocycles. The van der Waals surface area contributed by atoms with E-state index < -0.39 is 0 Å². The smallest absolute Gasteiger partial charge is 0.213 e. The number of methoxy groups -OCH3 is 1. The standard InChI is InChI=1S/C9H11NO/c1-4-8-5-9(11-3)10-6-7(8)2/h4-6H,1H2,2-3H3. The SMILES string of the molecule is C=Cc1cc(OC)ncc1C. The molecule has 2 nitrogen and oxygen atoms in total. The zero-order valence-corrected chi connectivity index (χ0v) is 6.79. The van der Waals surface area contributed by atoms with Crippen molar-refractivity contribution in [3.63, 3.8) is 0 Å². The van der Waals surface area contributed by atoms with E-state index >= 15 is 0 Å². The third-order valence-corrected chi connectivity index (χ3v) is 1.55. The molecule has 0 amide bonds. The van der Waals surface area contributed by atoms with E-state index in [2.05, 4.69) is 11.6 Å². The third-order valence-electron chi connectivity index (χ3n) is 1.55. The van der Waals surface area contributed by atoms with E-state index in [1.807, 2.05) is 13.0 Å². The van der Waals surface area contributed by atoms with E-state index in [0.717, 1.165) is 11.1 Å². The van der Waals surface area contributed by atoms with Crippen LogP contribution in [0.3, 0.4) is 0 Å². The van der Waals surface area contributed by atoms with Crippen LogP contribution in [0, 0.1) is 6.92 Å². The second-order valence-corrected chi connectivity index (χ2v) is 2.29. The Kier molecular flexibility index (Phi) is 2.26. The highest BCUT2D eigenvalue weighted by molar-refractivity contribution is 5.52. The molecule has 11 heavy (non-hydrogen) atoms. The molecule has 0 N–H and O–H groups in total. The van der Waals surface area contributed by atoms with Crippen molar-refractivity contribution in [3.8, 4) is 5.88 Å². The van der Waals surface area contributed by atoms with Gasteiger partial charge >= 0.3 is 0 Å². The van der Waals surface area contributed by atoms with Crippen LogP contribution in [0.2, 0.25) is 0 Å². The Morgan fingerprint density at radius 3 is 2.91 bits per heavy atom. The van der Waals surface area contributed by atoms with Crippen LogP contribution in [0.5, 0.6) is 5.88 Å². The summed E-state index contributed by atoms with van der Waals surface area (Å²) in [6.07, 6.45) is 3.56. The van der Waals surface area contributed by atoms with Crippen LogP contribution in [-0.2, 0) is 0 Å². The Balaban J connectivity index is 3.12. The van der Waals surface area contributed by atoms with Gasteiger partial charge in [0.1, 0.15) is 0 Å². The lowest BCUT2D eigenvalue weighted by atomic mass is 10.1. The first-order valence-corrected chi connectivity index (χ1v) is 3.41. The van der Waals surface area contributed by atoms with Gasteiger partial charge in [0.15, 0.2) is 0 Å². The van der Waals surface area contributed by atoms with Crippen LogP contribution in [0.25, 0.3) is 6.08 Å². The van der Waals surface area contributed by atoms with E-state index in [1.54, 1.807) is 19.4 Å². The van der Waals surface area contributed by atoms with Crippen molar-refractivity contribution in [2.75, 3.05) is 7.11 Å². The van der Waals surface area contributed by atoms with Crippen molar-refractivity contribution in [2.24, 2.45) is 0 Å². The Hall–Kier alpha value is -1.31. The summed E-state index contributed by atoms with van der Waals surface area (Å²) in [4.78, 5) is 4.04. The Morgan fingerprint density at radius 2 is 2.36 bits per heavy atom. The highest BCUT2D eigenvalue weighted by Gasteiger charge is 1.96. The summed E-state index contributed by atoms with van der Waals surface area (Å²) in [6, 6.07) is 1.86. The summed E-state index contributed by atoms with van der Waals surface area (Å²) in [6.45, 7) is 5.67. The minimum Gasteiger partial charge on any atom is -0.481 e. The van der Waals surface area contributed by atoms with Gasteiger partial charge in [-0.3, -0.25) is 0 Å². The molecule has 0 atom stereocenters. The van der Waals surface area contributed by atoms with Crippen LogP contribution in [0.4, 0.5) is 0 Å². The lowest BCUT2D eigenvalue weighted by Gasteiger charge is -2.01. The predicted octanol–water partition coefficient (Wildman–Crippen LogP) is 2.04. The van der Waals surface area contributed by atoms with Crippen LogP contribution < -0.4 is 4.74 Å². The molecule has 0 aliphatic rings. The molecule has 0 unspecified atom stereocenters. The van der Waals surface area contributed by atoms with Gasteiger partial charge in [-0.2, -0.15) is 0 Å². The van der Waals surface area contributed by atoms with Gasteiger partial charge in [0.05, 0.1) is 7.11 Å². The molecule has 1 aromatic heterocycles. The normalized spacial score (nSPS) is 9.27. The lowest BCUT2D eigenvalue weighted by Crippen LogP contribution is -1.89. The first kappa shape index (κ1) is 7.79. The molecule has 1 aromatic rings. The molecule has 2 heteroatoms. The summed E-state index contributed by atoms with van der Waals surface area (Å²) in [7, 11) is 1.60. The Bertz CT molecular complexity index is 268. The van der Waals surface area contributed by atoms with Crippen molar-refractivity contribution in [3.05, 3.63) is 30.0 Å². The Morgan fingerprint density at radius 1 is 1.64 bits per heavy atom. The first-order valence-electron chi connectivity index (χ1n) is 3.41. The van der Waals surface area contributed by atoms with E-state index in [-0.39, 0.29) is 0 Å². The monoisotopic (exact) mass is 149 g/mol. The number of pyridine rings is 1. The number of nitrogens with zero attached hydrogens (tertiary/aromatic N) is 1. The summed E-state index contributed by atoms with van der Waals surface area (Å²) in [5.41, 5.74) is 2.18. The second-order valence-electron chi connectivity index (χ2n) is 2.29. The molecule has 0 saturated heterocycles. The van der Waals surface area contributed by atoms with Gasteiger partial charge < -0.3 is 4.74 Å². The van der Waals surface area contributed by atoms with Crippen LogP contribution in [0.1, 0.15) is 11.1 Å². The minimum absolute atomic E-state index is 0.630. The number of aryl methyl sites for hydroxylation is 1. The molecular weight excluding hydrogens is 138 g/mol. The molecule has 0 aliphatic carbocycles. The summed E-state index contributed by atoms with van der Waals surface area (Å²) < 4.78 is 4.95. The van der Waals surface area contributed by atoms with Crippen molar-refractivity contribution >= 4 is 6.08 Å². The topological polar surface area (TPSA) is 22.1 Å². The molecule has 0 spiro atoms. The van der Waals surface area contributed by atoms with Gasteiger partial charge in [-0.15, -0.1) is 0 Å².